The lowest BCUT2D eigenvalue weighted by Crippen LogP contribution is -2.23. The second-order valence-electron chi connectivity index (χ2n) is 6.57. The van der Waals surface area contributed by atoms with Gasteiger partial charge >= 0.3 is 0 Å². The Morgan fingerprint density at radius 2 is 1.62 bits per heavy atom. The molecule has 21 heavy (non-hydrogen) atoms. The van der Waals surface area contributed by atoms with Crippen LogP contribution >= 0.6 is 0 Å². The van der Waals surface area contributed by atoms with E-state index in [2.05, 4.69) is 12.1 Å². The second-order valence-corrected chi connectivity index (χ2v) is 6.57. The fraction of sp³-hybridized carbons (Fsp3) is 0.684. The van der Waals surface area contributed by atoms with Crippen molar-refractivity contribution in [1.82, 2.24) is 0 Å². The summed E-state index contributed by atoms with van der Waals surface area (Å²) in [5.74, 6) is 0.514. The monoisotopic (exact) mass is 290 g/mol. The van der Waals surface area contributed by atoms with Gasteiger partial charge in [0, 0.05) is 0 Å². The maximum atomic E-state index is 10.2. The van der Waals surface area contributed by atoms with Crippen molar-refractivity contribution >= 4 is 0 Å². The van der Waals surface area contributed by atoms with E-state index >= 15 is 0 Å². The highest BCUT2D eigenvalue weighted by molar-refractivity contribution is 5.14. The van der Waals surface area contributed by atoms with Gasteiger partial charge in [-0.25, -0.2) is 0 Å². The molecule has 0 bridgehead atoms. The first-order valence-corrected chi connectivity index (χ1v) is 8.66. The zero-order valence-electron chi connectivity index (χ0n) is 13.1. The lowest BCUT2D eigenvalue weighted by Gasteiger charge is -2.26. The van der Waals surface area contributed by atoms with E-state index in [4.69, 9.17) is 0 Å². The molecular formula is C19H30O2. The van der Waals surface area contributed by atoms with Crippen LogP contribution in [0.5, 0.6) is 0 Å². The molecule has 2 N–H and O–H groups in total. The minimum absolute atomic E-state index is 0.147. The van der Waals surface area contributed by atoms with Crippen molar-refractivity contribution in [3.05, 3.63) is 35.9 Å². The van der Waals surface area contributed by atoms with Crippen molar-refractivity contribution in [2.75, 3.05) is 0 Å². The van der Waals surface area contributed by atoms with E-state index in [1.807, 2.05) is 18.2 Å². The average molecular weight is 290 g/mol. The van der Waals surface area contributed by atoms with E-state index in [9.17, 15) is 10.2 Å². The smallest absolute Gasteiger partial charge is 0.0568 e. The Morgan fingerprint density at radius 3 is 2.33 bits per heavy atom. The molecule has 118 valence electrons. The van der Waals surface area contributed by atoms with Crippen molar-refractivity contribution in [3.8, 4) is 0 Å². The SMILES string of the molecule is O[C@H](CCC[C@H](O)C1CCCCC1)CCc1ccccc1. The molecule has 1 aliphatic carbocycles. The van der Waals surface area contributed by atoms with E-state index in [1.54, 1.807) is 0 Å². The van der Waals surface area contributed by atoms with Gasteiger partial charge in [-0.1, -0.05) is 49.6 Å². The fourth-order valence-corrected chi connectivity index (χ4v) is 3.44. The minimum atomic E-state index is -0.233. The first kappa shape index (κ1) is 16.5. The van der Waals surface area contributed by atoms with Crippen LogP contribution in [0.25, 0.3) is 0 Å². The third kappa shape index (κ3) is 6.19. The van der Waals surface area contributed by atoms with Crippen LogP contribution in [0.2, 0.25) is 0 Å². The minimum Gasteiger partial charge on any atom is -0.393 e. The van der Waals surface area contributed by atoms with Crippen molar-refractivity contribution in [2.24, 2.45) is 5.92 Å². The largest absolute Gasteiger partial charge is 0.393 e. The van der Waals surface area contributed by atoms with Crippen LogP contribution in [0.1, 0.15) is 63.4 Å². The molecule has 1 fully saturated rings. The predicted molar refractivity (Wildman–Crippen MR) is 87.2 cm³/mol. The zero-order chi connectivity index (χ0) is 14.9. The molecule has 1 aromatic carbocycles. The zero-order valence-corrected chi connectivity index (χ0v) is 13.1. The summed E-state index contributed by atoms with van der Waals surface area (Å²) >= 11 is 0. The van der Waals surface area contributed by atoms with E-state index in [0.717, 1.165) is 32.1 Å². The highest BCUT2D eigenvalue weighted by Gasteiger charge is 2.21. The maximum absolute atomic E-state index is 10.2. The van der Waals surface area contributed by atoms with Gasteiger partial charge in [0.25, 0.3) is 0 Å². The number of rotatable bonds is 8. The summed E-state index contributed by atoms with van der Waals surface area (Å²) in [7, 11) is 0. The van der Waals surface area contributed by atoms with E-state index in [0.29, 0.717) is 5.92 Å². The molecule has 2 atom stereocenters. The summed E-state index contributed by atoms with van der Waals surface area (Å²) in [6.45, 7) is 0. The molecule has 2 heteroatoms. The molecule has 0 radical (unpaired) electrons. The van der Waals surface area contributed by atoms with Gasteiger partial charge in [0.15, 0.2) is 0 Å². The Balaban J connectivity index is 1.57. The standard InChI is InChI=1S/C19H30O2/c20-18(15-14-16-8-3-1-4-9-16)12-7-13-19(21)17-10-5-2-6-11-17/h1,3-4,8-9,17-21H,2,5-7,10-15H2/t18-,19+/m1/s1. The van der Waals surface area contributed by atoms with Gasteiger partial charge in [0.1, 0.15) is 0 Å². The van der Waals surface area contributed by atoms with Gasteiger partial charge in [-0.05, 0) is 56.4 Å². The summed E-state index contributed by atoms with van der Waals surface area (Å²) in [6, 6.07) is 10.3. The summed E-state index contributed by atoms with van der Waals surface area (Å²) < 4.78 is 0. The molecule has 1 aromatic rings. The van der Waals surface area contributed by atoms with Crippen LogP contribution in [0.4, 0.5) is 0 Å². The van der Waals surface area contributed by atoms with Crippen molar-refractivity contribution in [3.63, 3.8) is 0 Å². The van der Waals surface area contributed by atoms with Gasteiger partial charge in [-0.15, -0.1) is 0 Å². The fourth-order valence-electron chi connectivity index (χ4n) is 3.44. The highest BCUT2D eigenvalue weighted by Crippen LogP contribution is 2.28. The van der Waals surface area contributed by atoms with Gasteiger partial charge in [0.2, 0.25) is 0 Å². The van der Waals surface area contributed by atoms with Crippen molar-refractivity contribution in [1.29, 1.82) is 0 Å². The topological polar surface area (TPSA) is 40.5 Å². The van der Waals surface area contributed by atoms with Crippen LogP contribution in [-0.4, -0.2) is 22.4 Å². The van der Waals surface area contributed by atoms with E-state index < -0.39 is 0 Å². The molecule has 0 unspecified atom stereocenters. The number of benzene rings is 1. The average Bonchev–Trinajstić information content (AvgIpc) is 2.54. The predicted octanol–water partition coefficient (Wildman–Crippen LogP) is 4.09. The van der Waals surface area contributed by atoms with Crippen LogP contribution in [0, 0.1) is 5.92 Å². The van der Waals surface area contributed by atoms with Crippen molar-refractivity contribution < 1.29 is 10.2 Å². The molecule has 2 nitrogen and oxygen atoms in total. The summed E-state index contributed by atoms with van der Waals surface area (Å²) in [4.78, 5) is 0. The Kier molecular flexibility index (Phi) is 7.25. The molecule has 0 aliphatic heterocycles. The van der Waals surface area contributed by atoms with E-state index in [-0.39, 0.29) is 12.2 Å². The quantitative estimate of drug-likeness (QED) is 0.757. The molecule has 1 aliphatic rings. The van der Waals surface area contributed by atoms with Crippen LogP contribution < -0.4 is 0 Å². The summed E-state index contributed by atoms with van der Waals surface area (Å²) in [5, 5.41) is 20.3. The molecule has 1 saturated carbocycles. The molecule has 0 aromatic heterocycles. The lowest BCUT2D eigenvalue weighted by atomic mass is 9.83. The van der Waals surface area contributed by atoms with Gasteiger partial charge < -0.3 is 10.2 Å². The highest BCUT2D eigenvalue weighted by atomic mass is 16.3. The van der Waals surface area contributed by atoms with Gasteiger partial charge in [0.05, 0.1) is 12.2 Å². The normalized spacial score (nSPS) is 19.3. The van der Waals surface area contributed by atoms with Crippen LogP contribution in [-0.2, 0) is 6.42 Å². The molecular weight excluding hydrogens is 260 g/mol. The Morgan fingerprint density at radius 1 is 0.905 bits per heavy atom. The van der Waals surface area contributed by atoms with Crippen molar-refractivity contribution in [2.45, 2.75) is 76.4 Å². The first-order valence-electron chi connectivity index (χ1n) is 8.66. The lowest BCUT2D eigenvalue weighted by molar-refractivity contribution is 0.0688. The molecule has 0 heterocycles. The number of hydrogen-bond acceptors (Lipinski definition) is 2. The Bertz CT molecular complexity index is 370. The summed E-state index contributed by atoms with van der Waals surface area (Å²) in [6.07, 6.45) is 10.3. The molecule has 0 saturated heterocycles. The third-order valence-electron chi connectivity index (χ3n) is 4.84. The number of aliphatic hydroxyl groups is 2. The Hall–Kier alpha value is -0.860. The summed E-state index contributed by atoms with van der Waals surface area (Å²) in [5.41, 5.74) is 1.29. The number of hydrogen-bond donors (Lipinski definition) is 2. The molecule has 2 rings (SSSR count). The van der Waals surface area contributed by atoms with Gasteiger partial charge in [-0.2, -0.15) is 0 Å². The van der Waals surface area contributed by atoms with Crippen LogP contribution in [0.3, 0.4) is 0 Å². The van der Waals surface area contributed by atoms with E-state index in [1.165, 1.54) is 37.7 Å². The second kappa shape index (κ2) is 9.22. The Labute approximate surface area is 129 Å². The maximum Gasteiger partial charge on any atom is 0.0568 e. The van der Waals surface area contributed by atoms with Gasteiger partial charge in [-0.3, -0.25) is 0 Å². The molecule has 0 spiro atoms. The number of aliphatic hydroxyl groups excluding tert-OH is 2. The number of aryl methyl sites for hydroxylation is 1. The van der Waals surface area contributed by atoms with Crippen LogP contribution in [0.15, 0.2) is 30.3 Å². The first-order chi connectivity index (χ1) is 10.3. The molecule has 0 amide bonds. The third-order valence-corrected chi connectivity index (χ3v) is 4.84.